The summed E-state index contributed by atoms with van der Waals surface area (Å²) < 4.78 is 57.9. The Kier molecular flexibility index (Phi) is 6.03. The van der Waals surface area contributed by atoms with Crippen LogP contribution < -0.4 is 14.2 Å². The van der Waals surface area contributed by atoms with Crippen LogP contribution in [0.15, 0.2) is 39.8 Å². The second kappa shape index (κ2) is 8.28. The summed E-state index contributed by atoms with van der Waals surface area (Å²) in [5.41, 5.74) is 0. The highest BCUT2D eigenvalue weighted by atomic mass is 32.2. The number of hydrogen-bond acceptors (Lipinski definition) is 6. The molecular formula is C18H23FN2O5S. The molecule has 0 amide bonds. The average Bonchev–Trinajstić information content (AvgIpc) is 3.35. The summed E-state index contributed by atoms with van der Waals surface area (Å²) in [6.07, 6.45) is 3.66. The van der Waals surface area contributed by atoms with E-state index in [-0.39, 0.29) is 24.1 Å². The molecule has 0 aliphatic carbocycles. The summed E-state index contributed by atoms with van der Waals surface area (Å²) in [5, 5.41) is 0. The van der Waals surface area contributed by atoms with Crippen molar-refractivity contribution in [3.05, 3.63) is 42.1 Å². The minimum atomic E-state index is -4.09. The smallest absolute Gasteiger partial charge is 0.243 e. The lowest BCUT2D eigenvalue weighted by Gasteiger charge is -2.26. The highest BCUT2D eigenvalue weighted by Gasteiger charge is 2.29. The standard InChI is InChI=1S/C18H23FN2O5S/c1-24-16-10-13(19)18(11-17(16)25-2)27(22,23)20-12-14(15-6-5-9-26-15)21-7-3-4-8-21/h5-6,9-11,14,20H,3-4,7-8,12H2,1-2H3. The zero-order valence-electron chi connectivity index (χ0n) is 15.3. The first-order chi connectivity index (χ1) is 13.0. The minimum absolute atomic E-state index is 0.0730. The molecule has 0 bridgehead atoms. The van der Waals surface area contributed by atoms with Crippen molar-refractivity contribution in [2.24, 2.45) is 0 Å². The fourth-order valence-electron chi connectivity index (χ4n) is 3.25. The summed E-state index contributed by atoms with van der Waals surface area (Å²) in [4.78, 5) is 1.67. The molecule has 0 saturated carbocycles. The summed E-state index contributed by atoms with van der Waals surface area (Å²) in [6.45, 7) is 1.79. The molecule has 2 heterocycles. The molecule has 27 heavy (non-hydrogen) atoms. The van der Waals surface area contributed by atoms with Crippen LogP contribution in [0.1, 0.15) is 24.6 Å². The Balaban J connectivity index is 1.83. The van der Waals surface area contributed by atoms with Gasteiger partial charge >= 0.3 is 0 Å². The molecule has 1 atom stereocenters. The van der Waals surface area contributed by atoms with Crippen molar-refractivity contribution in [2.45, 2.75) is 23.8 Å². The molecule has 0 radical (unpaired) electrons. The van der Waals surface area contributed by atoms with Crippen LogP contribution in [0, 0.1) is 5.82 Å². The summed E-state index contributed by atoms with van der Waals surface area (Å²) in [7, 11) is -1.38. The number of sulfonamides is 1. The summed E-state index contributed by atoms with van der Waals surface area (Å²) >= 11 is 0. The fourth-order valence-corrected chi connectivity index (χ4v) is 4.36. The van der Waals surface area contributed by atoms with Crippen LogP contribution in [0.3, 0.4) is 0 Å². The Labute approximate surface area is 158 Å². The first-order valence-electron chi connectivity index (χ1n) is 8.65. The van der Waals surface area contributed by atoms with E-state index < -0.39 is 20.7 Å². The van der Waals surface area contributed by atoms with Crippen molar-refractivity contribution in [1.29, 1.82) is 0 Å². The number of nitrogens with zero attached hydrogens (tertiary/aromatic N) is 1. The van der Waals surface area contributed by atoms with E-state index >= 15 is 0 Å². The number of halogens is 1. The number of likely N-dealkylation sites (tertiary alicyclic amines) is 1. The molecule has 9 heteroatoms. The minimum Gasteiger partial charge on any atom is -0.493 e. The van der Waals surface area contributed by atoms with Crippen LogP contribution in [0.2, 0.25) is 0 Å². The van der Waals surface area contributed by atoms with Gasteiger partial charge in [-0.05, 0) is 38.1 Å². The van der Waals surface area contributed by atoms with Crippen molar-refractivity contribution in [2.75, 3.05) is 33.9 Å². The van der Waals surface area contributed by atoms with Crippen LogP contribution in [-0.2, 0) is 10.0 Å². The third-order valence-electron chi connectivity index (χ3n) is 4.65. The summed E-state index contributed by atoms with van der Waals surface area (Å²) in [5.74, 6) is 0.0316. The molecule has 1 fully saturated rings. The fraction of sp³-hybridized carbons (Fsp3) is 0.444. The Morgan fingerprint density at radius 1 is 1.22 bits per heavy atom. The topological polar surface area (TPSA) is 81.0 Å². The molecule has 2 aromatic rings. The van der Waals surface area contributed by atoms with Gasteiger partial charge in [-0.15, -0.1) is 0 Å². The van der Waals surface area contributed by atoms with Crippen LogP contribution in [0.25, 0.3) is 0 Å². The van der Waals surface area contributed by atoms with E-state index in [1.165, 1.54) is 14.2 Å². The van der Waals surface area contributed by atoms with Crippen molar-refractivity contribution in [3.63, 3.8) is 0 Å². The maximum absolute atomic E-state index is 14.4. The van der Waals surface area contributed by atoms with Crippen LogP contribution >= 0.6 is 0 Å². The zero-order chi connectivity index (χ0) is 19.4. The maximum Gasteiger partial charge on any atom is 0.243 e. The molecule has 1 unspecified atom stereocenters. The molecule has 148 valence electrons. The SMILES string of the molecule is COc1cc(F)c(S(=O)(=O)NCC(c2ccco2)N2CCCC2)cc1OC. The second-order valence-corrected chi connectivity index (χ2v) is 8.00. The van der Waals surface area contributed by atoms with Gasteiger partial charge < -0.3 is 13.9 Å². The van der Waals surface area contributed by atoms with Crippen LogP contribution in [0.5, 0.6) is 11.5 Å². The third-order valence-corrected chi connectivity index (χ3v) is 6.09. The predicted molar refractivity (Wildman–Crippen MR) is 96.9 cm³/mol. The zero-order valence-corrected chi connectivity index (χ0v) is 16.1. The van der Waals surface area contributed by atoms with Crippen molar-refractivity contribution < 1.29 is 26.7 Å². The van der Waals surface area contributed by atoms with E-state index in [4.69, 9.17) is 13.9 Å². The Hall–Kier alpha value is -2.10. The number of nitrogens with one attached hydrogen (secondary N) is 1. The number of furan rings is 1. The summed E-state index contributed by atoms with van der Waals surface area (Å²) in [6, 6.07) is 5.45. The van der Waals surface area contributed by atoms with E-state index in [9.17, 15) is 12.8 Å². The second-order valence-electron chi connectivity index (χ2n) is 6.26. The Morgan fingerprint density at radius 2 is 1.89 bits per heavy atom. The van der Waals surface area contributed by atoms with Gasteiger partial charge in [0.25, 0.3) is 0 Å². The van der Waals surface area contributed by atoms with Gasteiger partial charge in [0.05, 0.1) is 26.5 Å². The maximum atomic E-state index is 14.4. The Bertz CT molecular complexity index is 864. The first kappa shape index (κ1) is 19.7. The van der Waals surface area contributed by atoms with E-state index in [2.05, 4.69) is 9.62 Å². The molecule has 7 nitrogen and oxygen atoms in total. The lowest BCUT2D eigenvalue weighted by molar-refractivity contribution is 0.216. The molecule has 1 aromatic carbocycles. The van der Waals surface area contributed by atoms with Gasteiger partial charge in [0.15, 0.2) is 11.5 Å². The number of ether oxygens (including phenoxy) is 2. The van der Waals surface area contributed by atoms with Gasteiger partial charge in [0.1, 0.15) is 16.5 Å². The van der Waals surface area contributed by atoms with E-state index in [1.807, 2.05) is 6.07 Å². The van der Waals surface area contributed by atoms with Gasteiger partial charge in [-0.1, -0.05) is 0 Å². The molecule has 1 aliphatic heterocycles. The van der Waals surface area contributed by atoms with Crippen molar-refractivity contribution in [1.82, 2.24) is 9.62 Å². The highest BCUT2D eigenvalue weighted by molar-refractivity contribution is 7.89. The van der Waals surface area contributed by atoms with Gasteiger partial charge in [-0.2, -0.15) is 0 Å². The first-order valence-corrected chi connectivity index (χ1v) is 10.1. The lowest BCUT2D eigenvalue weighted by atomic mass is 10.2. The number of benzene rings is 1. The molecule has 0 spiro atoms. The number of hydrogen-bond donors (Lipinski definition) is 1. The molecule has 3 rings (SSSR count). The van der Waals surface area contributed by atoms with Crippen molar-refractivity contribution >= 4 is 10.0 Å². The van der Waals surface area contributed by atoms with Gasteiger partial charge in [-0.25, -0.2) is 17.5 Å². The quantitative estimate of drug-likeness (QED) is 0.736. The van der Waals surface area contributed by atoms with E-state index in [1.54, 1.807) is 12.3 Å². The largest absolute Gasteiger partial charge is 0.493 e. The Morgan fingerprint density at radius 3 is 2.48 bits per heavy atom. The van der Waals surface area contributed by atoms with Crippen LogP contribution in [-0.4, -0.2) is 47.2 Å². The van der Waals surface area contributed by atoms with Crippen molar-refractivity contribution in [3.8, 4) is 11.5 Å². The van der Waals surface area contributed by atoms with E-state index in [0.717, 1.165) is 38.1 Å². The molecule has 1 N–H and O–H groups in total. The molecule has 1 aliphatic rings. The highest BCUT2D eigenvalue weighted by Crippen LogP contribution is 2.32. The third kappa shape index (κ3) is 4.26. The number of rotatable bonds is 8. The predicted octanol–water partition coefficient (Wildman–Crippen LogP) is 2.55. The molecule has 1 saturated heterocycles. The number of methoxy groups -OCH3 is 2. The molecular weight excluding hydrogens is 375 g/mol. The van der Waals surface area contributed by atoms with Gasteiger partial charge in [-0.3, -0.25) is 4.90 Å². The monoisotopic (exact) mass is 398 g/mol. The van der Waals surface area contributed by atoms with Gasteiger partial charge in [0.2, 0.25) is 10.0 Å². The average molecular weight is 398 g/mol. The van der Waals surface area contributed by atoms with Crippen LogP contribution in [0.4, 0.5) is 4.39 Å². The van der Waals surface area contributed by atoms with E-state index in [0.29, 0.717) is 5.76 Å². The normalized spacial score (nSPS) is 16.4. The van der Waals surface area contributed by atoms with Gasteiger partial charge in [0, 0.05) is 18.7 Å². The molecule has 1 aromatic heterocycles. The lowest BCUT2D eigenvalue weighted by Crippen LogP contribution is -2.36.